The minimum atomic E-state index is -0.572. The van der Waals surface area contributed by atoms with Crippen molar-refractivity contribution in [1.82, 2.24) is 0 Å². The van der Waals surface area contributed by atoms with E-state index >= 15 is 0 Å². The Kier molecular flexibility index (Phi) is 5.78. The zero-order valence-corrected chi connectivity index (χ0v) is 10.2. The van der Waals surface area contributed by atoms with E-state index in [4.69, 9.17) is 0 Å². The van der Waals surface area contributed by atoms with Crippen molar-refractivity contribution < 1.29 is 5.11 Å². The first-order valence-electron chi connectivity index (χ1n) is 5.32. The molecule has 0 bridgehead atoms. The summed E-state index contributed by atoms with van der Waals surface area (Å²) in [4.78, 5) is 0. The molecule has 0 radical (unpaired) electrons. The van der Waals surface area contributed by atoms with Crippen molar-refractivity contribution in [2.45, 2.75) is 59.5 Å². The first kappa shape index (κ1) is 13.4. The van der Waals surface area contributed by atoms with Gasteiger partial charge in [0.15, 0.2) is 0 Å². The summed E-state index contributed by atoms with van der Waals surface area (Å²) in [5, 5.41) is 9.52. The Balaban J connectivity index is 3.85. The summed E-state index contributed by atoms with van der Waals surface area (Å²) in [5.74, 6) is 0. The molecule has 0 atom stereocenters. The van der Waals surface area contributed by atoms with Crippen LogP contribution < -0.4 is 0 Å². The maximum absolute atomic E-state index is 9.52. The fourth-order valence-electron chi connectivity index (χ4n) is 1.11. The van der Waals surface area contributed by atoms with Gasteiger partial charge in [0.1, 0.15) is 0 Å². The summed E-state index contributed by atoms with van der Waals surface area (Å²) in [6, 6.07) is 0. The number of rotatable bonds is 5. The molecule has 0 aliphatic carbocycles. The van der Waals surface area contributed by atoms with Crippen LogP contribution in [0.3, 0.4) is 0 Å². The molecule has 0 aromatic heterocycles. The van der Waals surface area contributed by atoms with Crippen LogP contribution in [-0.2, 0) is 0 Å². The van der Waals surface area contributed by atoms with Crippen LogP contribution in [-0.4, -0.2) is 10.7 Å². The largest absolute Gasteiger partial charge is 0.390 e. The molecule has 82 valence electrons. The molecule has 1 nitrogen and oxygen atoms in total. The third-order valence-corrected chi connectivity index (χ3v) is 2.04. The molecule has 14 heavy (non-hydrogen) atoms. The Labute approximate surface area is 88.5 Å². The lowest BCUT2D eigenvalue weighted by atomic mass is 10.0. The minimum Gasteiger partial charge on any atom is -0.390 e. The highest BCUT2D eigenvalue weighted by Crippen LogP contribution is 2.13. The van der Waals surface area contributed by atoms with Crippen molar-refractivity contribution in [3.05, 3.63) is 23.3 Å². The van der Waals surface area contributed by atoms with Gasteiger partial charge in [-0.1, -0.05) is 23.3 Å². The van der Waals surface area contributed by atoms with Crippen LogP contribution in [0.15, 0.2) is 23.3 Å². The SMILES string of the molecule is CC(C)=CCCC(C)=CCC(C)(C)O. The van der Waals surface area contributed by atoms with Crippen LogP contribution in [0.4, 0.5) is 0 Å². The third kappa shape index (κ3) is 9.53. The normalized spacial score (nSPS) is 12.9. The van der Waals surface area contributed by atoms with Crippen LogP contribution in [0.2, 0.25) is 0 Å². The molecule has 0 aromatic carbocycles. The molecule has 0 aliphatic rings. The Hall–Kier alpha value is -0.560. The quantitative estimate of drug-likeness (QED) is 0.662. The summed E-state index contributed by atoms with van der Waals surface area (Å²) in [6.45, 7) is 10.1. The average molecular weight is 196 g/mol. The van der Waals surface area contributed by atoms with Gasteiger partial charge in [-0.2, -0.15) is 0 Å². The molecular weight excluding hydrogens is 172 g/mol. The highest BCUT2D eigenvalue weighted by Gasteiger charge is 2.09. The summed E-state index contributed by atoms with van der Waals surface area (Å²) >= 11 is 0. The molecule has 1 heteroatoms. The smallest absolute Gasteiger partial charge is 0.0626 e. The van der Waals surface area contributed by atoms with E-state index in [0.717, 1.165) is 19.3 Å². The fraction of sp³-hybridized carbons (Fsp3) is 0.692. The van der Waals surface area contributed by atoms with Gasteiger partial charge in [-0.15, -0.1) is 0 Å². The lowest BCUT2D eigenvalue weighted by Crippen LogP contribution is -2.16. The first-order chi connectivity index (χ1) is 6.31. The van der Waals surface area contributed by atoms with E-state index in [9.17, 15) is 5.11 Å². The summed E-state index contributed by atoms with van der Waals surface area (Å²) < 4.78 is 0. The van der Waals surface area contributed by atoms with E-state index in [0.29, 0.717) is 0 Å². The van der Waals surface area contributed by atoms with Crippen molar-refractivity contribution >= 4 is 0 Å². The zero-order chi connectivity index (χ0) is 11.2. The van der Waals surface area contributed by atoms with Crippen molar-refractivity contribution in [1.29, 1.82) is 0 Å². The van der Waals surface area contributed by atoms with E-state index < -0.39 is 5.60 Å². The van der Waals surface area contributed by atoms with Crippen LogP contribution in [0, 0.1) is 0 Å². The topological polar surface area (TPSA) is 20.2 Å². The van der Waals surface area contributed by atoms with Crippen LogP contribution in [0.25, 0.3) is 0 Å². The second-order valence-electron chi connectivity index (χ2n) is 4.89. The number of allylic oxidation sites excluding steroid dienone is 3. The number of hydrogen-bond acceptors (Lipinski definition) is 1. The van der Waals surface area contributed by atoms with Gasteiger partial charge in [0.2, 0.25) is 0 Å². The molecule has 0 aromatic rings. The van der Waals surface area contributed by atoms with Gasteiger partial charge in [-0.25, -0.2) is 0 Å². The van der Waals surface area contributed by atoms with Crippen LogP contribution >= 0.6 is 0 Å². The van der Waals surface area contributed by atoms with Crippen molar-refractivity contribution in [2.75, 3.05) is 0 Å². The maximum atomic E-state index is 9.52. The second kappa shape index (κ2) is 6.02. The van der Waals surface area contributed by atoms with Crippen molar-refractivity contribution in [3.63, 3.8) is 0 Å². The molecule has 0 fully saturated rings. The molecule has 0 saturated carbocycles. The monoisotopic (exact) mass is 196 g/mol. The standard InChI is InChI=1S/C13H24O/c1-11(2)7-6-8-12(3)9-10-13(4,5)14/h7,9,14H,6,8,10H2,1-5H3. The second-order valence-corrected chi connectivity index (χ2v) is 4.89. The first-order valence-corrected chi connectivity index (χ1v) is 5.32. The Bertz CT molecular complexity index is 212. The van der Waals surface area contributed by atoms with Crippen molar-refractivity contribution in [3.8, 4) is 0 Å². The highest BCUT2D eigenvalue weighted by molar-refractivity contribution is 5.03. The van der Waals surface area contributed by atoms with Gasteiger partial charge in [0.05, 0.1) is 5.60 Å². The van der Waals surface area contributed by atoms with Gasteiger partial charge < -0.3 is 5.11 Å². The predicted octanol–water partition coefficient (Wildman–Crippen LogP) is 3.84. The van der Waals surface area contributed by atoms with E-state index in [-0.39, 0.29) is 0 Å². The van der Waals surface area contributed by atoms with Crippen molar-refractivity contribution in [2.24, 2.45) is 0 Å². The molecule has 0 heterocycles. The van der Waals surface area contributed by atoms with E-state index in [1.165, 1.54) is 11.1 Å². The molecule has 0 saturated heterocycles. The molecule has 0 spiro atoms. The van der Waals surface area contributed by atoms with Gasteiger partial charge >= 0.3 is 0 Å². The van der Waals surface area contributed by atoms with Crippen LogP contribution in [0.1, 0.15) is 53.9 Å². The average Bonchev–Trinajstić information content (AvgIpc) is 1.99. The van der Waals surface area contributed by atoms with E-state index in [1.807, 2.05) is 13.8 Å². The highest BCUT2D eigenvalue weighted by atomic mass is 16.3. The van der Waals surface area contributed by atoms with E-state index in [2.05, 4.69) is 32.9 Å². The molecule has 0 rings (SSSR count). The van der Waals surface area contributed by atoms with Gasteiger partial charge in [-0.3, -0.25) is 0 Å². The summed E-state index contributed by atoms with van der Waals surface area (Å²) in [7, 11) is 0. The lowest BCUT2D eigenvalue weighted by molar-refractivity contribution is 0.0836. The minimum absolute atomic E-state index is 0.572. The maximum Gasteiger partial charge on any atom is 0.0626 e. The van der Waals surface area contributed by atoms with Gasteiger partial charge in [0.25, 0.3) is 0 Å². The summed E-state index contributed by atoms with van der Waals surface area (Å²) in [5.41, 5.74) is 2.17. The summed E-state index contributed by atoms with van der Waals surface area (Å²) in [6.07, 6.45) is 7.34. The molecule has 0 aliphatic heterocycles. The Morgan fingerprint density at radius 1 is 1.14 bits per heavy atom. The van der Waals surface area contributed by atoms with Gasteiger partial charge in [0, 0.05) is 0 Å². The predicted molar refractivity (Wildman–Crippen MR) is 63.3 cm³/mol. The Morgan fingerprint density at radius 3 is 2.14 bits per heavy atom. The third-order valence-electron chi connectivity index (χ3n) is 2.04. The molecule has 1 N–H and O–H groups in total. The fourth-order valence-corrected chi connectivity index (χ4v) is 1.11. The van der Waals surface area contributed by atoms with Crippen LogP contribution in [0.5, 0.6) is 0 Å². The lowest BCUT2D eigenvalue weighted by Gasteiger charge is -2.14. The van der Waals surface area contributed by atoms with E-state index in [1.54, 1.807) is 0 Å². The molecular formula is C13H24O. The number of aliphatic hydroxyl groups is 1. The molecule has 0 amide bonds. The zero-order valence-electron chi connectivity index (χ0n) is 10.2. The molecule has 0 unspecified atom stereocenters. The number of hydrogen-bond donors (Lipinski definition) is 1. The Morgan fingerprint density at radius 2 is 1.71 bits per heavy atom. The van der Waals surface area contributed by atoms with Gasteiger partial charge in [-0.05, 0) is 53.9 Å².